The molecule has 0 aromatic heterocycles. The Bertz CT molecular complexity index is 90.5. The molecule has 0 saturated heterocycles. The van der Waals surface area contributed by atoms with E-state index in [0.717, 1.165) is 28.7 Å². The molecule has 72 valence electrons. The number of hydrogen-bond acceptors (Lipinski definition) is 2. The lowest BCUT2D eigenvalue weighted by Crippen LogP contribution is -2.25. The maximum atomic E-state index is 5.42. The van der Waals surface area contributed by atoms with Gasteiger partial charge in [0.15, 0.2) is 0 Å². The van der Waals surface area contributed by atoms with Crippen LogP contribution < -0.4 is 0 Å². The van der Waals surface area contributed by atoms with E-state index in [9.17, 15) is 0 Å². The van der Waals surface area contributed by atoms with Gasteiger partial charge in [-0.05, 0) is 19.8 Å². The Morgan fingerprint density at radius 2 is 1.58 bits per heavy atom. The molecule has 2 nitrogen and oxygen atoms in total. The predicted molar refractivity (Wildman–Crippen MR) is 52.4 cm³/mol. The molecule has 0 aromatic carbocycles. The van der Waals surface area contributed by atoms with Crippen LogP contribution in [0.3, 0.4) is 0 Å². The van der Waals surface area contributed by atoms with E-state index in [1.165, 1.54) is 6.04 Å². The molecule has 3 heteroatoms. The minimum atomic E-state index is 0.0439. The van der Waals surface area contributed by atoms with Crippen molar-refractivity contribution in [2.75, 3.05) is 13.2 Å². The van der Waals surface area contributed by atoms with Gasteiger partial charge < -0.3 is 9.47 Å². The molecule has 0 aliphatic carbocycles. The molecule has 0 amide bonds. The van der Waals surface area contributed by atoms with E-state index in [1.807, 2.05) is 13.8 Å². The molecule has 0 saturated carbocycles. The minimum absolute atomic E-state index is 0.0439. The van der Waals surface area contributed by atoms with E-state index in [4.69, 9.17) is 9.47 Å². The van der Waals surface area contributed by atoms with Crippen LogP contribution in [0, 0.1) is 5.92 Å². The van der Waals surface area contributed by atoms with E-state index < -0.39 is 0 Å². The molecule has 0 unspecified atom stereocenters. The second-order valence-corrected chi connectivity index (χ2v) is 4.33. The van der Waals surface area contributed by atoms with Crippen molar-refractivity contribution in [1.82, 2.24) is 0 Å². The van der Waals surface area contributed by atoms with E-state index in [0.29, 0.717) is 0 Å². The highest BCUT2D eigenvalue weighted by Gasteiger charge is 2.09. The summed E-state index contributed by atoms with van der Waals surface area (Å²) < 4.78 is 10.8. The van der Waals surface area contributed by atoms with Gasteiger partial charge in [-0.1, -0.05) is 19.9 Å². The van der Waals surface area contributed by atoms with E-state index in [-0.39, 0.29) is 5.91 Å². The van der Waals surface area contributed by atoms with E-state index in [1.54, 1.807) is 0 Å². The van der Waals surface area contributed by atoms with Gasteiger partial charge in [-0.3, -0.25) is 0 Å². The summed E-state index contributed by atoms with van der Waals surface area (Å²) in [5.41, 5.74) is 0. The third-order valence-electron chi connectivity index (χ3n) is 1.33. The second-order valence-electron chi connectivity index (χ2n) is 3.04. The molecular formula is C9H20O2Si. The first-order valence-corrected chi connectivity index (χ1v) is 5.95. The van der Waals surface area contributed by atoms with Crippen molar-refractivity contribution in [2.45, 2.75) is 39.7 Å². The van der Waals surface area contributed by atoms with Crippen LogP contribution in [0.5, 0.6) is 0 Å². The maximum Gasteiger partial charge on any atom is 0.137 e. The van der Waals surface area contributed by atoms with Crippen LogP contribution in [0.1, 0.15) is 27.7 Å². The standard InChI is InChI=1S/C9H20O2Si/c1-5-10-9(11-6-2)12-7-8(3)4/h8-9H,5-7H2,1-4H3. The van der Waals surface area contributed by atoms with Crippen LogP contribution in [0.4, 0.5) is 0 Å². The van der Waals surface area contributed by atoms with Crippen LogP contribution in [0.15, 0.2) is 0 Å². The zero-order chi connectivity index (χ0) is 9.40. The summed E-state index contributed by atoms with van der Waals surface area (Å²) in [5, 5.41) is 0. The minimum Gasteiger partial charge on any atom is -0.357 e. The lowest BCUT2D eigenvalue weighted by molar-refractivity contribution is -0.0829. The molecule has 0 aliphatic rings. The van der Waals surface area contributed by atoms with Gasteiger partial charge in [-0.2, -0.15) is 0 Å². The molecule has 0 heterocycles. The van der Waals surface area contributed by atoms with Gasteiger partial charge in [0.2, 0.25) is 0 Å². The topological polar surface area (TPSA) is 18.5 Å². The second kappa shape index (κ2) is 7.77. The zero-order valence-corrected chi connectivity index (χ0v) is 9.59. The molecule has 0 bridgehead atoms. The maximum absolute atomic E-state index is 5.42. The van der Waals surface area contributed by atoms with E-state index in [2.05, 4.69) is 13.8 Å². The predicted octanol–water partition coefficient (Wildman–Crippen LogP) is 2.12. The Morgan fingerprint density at radius 3 is 1.92 bits per heavy atom. The fraction of sp³-hybridized carbons (Fsp3) is 1.00. The van der Waals surface area contributed by atoms with Gasteiger partial charge in [-0.15, -0.1) is 0 Å². The average Bonchev–Trinajstić information content (AvgIpc) is 2.01. The van der Waals surface area contributed by atoms with Crippen molar-refractivity contribution in [3.05, 3.63) is 0 Å². The summed E-state index contributed by atoms with van der Waals surface area (Å²) in [6.45, 7) is 9.95. The summed E-state index contributed by atoms with van der Waals surface area (Å²) in [7, 11) is 0.773. The molecule has 0 fully saturated rings. The summed E-state index contributed by atoms with van der Waals surface area (Å²) >= 11 is 0. The Labute approximate surface area is 78.5 Å². The third-order valence-corrected chi connectivity index (χ3v) is 3.05. The first-order valence-electron chi connectivity index (χ1n) is 4.67. The molecule has 0 aliphatic heterocycles. The average molecular weight is 188 g/mol. The highest BCUT2D eigenvalue weighted by Crippen LogP contribution is 2.03. The molecule has 12 heavy (non-hydrogen) atoms. The van der Waals surface area contributed by atoms with Gasteiger partial charge in [0.05, 0.1) is 0 Å². The molecule has 0 spiro atoms. The normalized spacial score (nSPS) is 11.5. The SMILES string of the molecule is CCOC(OCC)[Si]CC(C)C. The first kappa shape index (κ1) is 12.1. The van der Waals surface area contributed by atoms with Crippen LogP contribution in [0.2, 0.25) is 6.04 Å². The summed E-state index contributed by atoms with van der Waals surface area (Å²) in [5.74, 6) is 0.786. The molecule has 0 aromatic rings. The van der Waals surface area contributed by atoms with Gasteiger partial charge in [-0.25, -0.2) is 0 Å². The van der Waals surface area contributed by atoms with Crippen LogP contribution in [-0.2, 0) is 9.47 Å². The smallest absolute Gasteiger partial charge is 0.137 e. The first-order chi connectivity index (χ1) is 5.70. The Hall–Kier alpha value is 0.137. The molecule has 0 rings (SSSR count). The van der Waals surface area contributed by atoms with Crippen LogP contribution >= 0.6 is 0 Å². The molecular weight excluding hydrogens is 168 g/mol. The zero-order valence-electron chi connectivity index (χ0n) is 8.59. The Balaban J connectivity index is 3.48. The van der Waals surface area contributed by atoms with Gasteiger partial charge in [0, 0.05) is 13.2 Å². The summed E-state index contributed by atoms with van der Waals surface area (Å²) in [4.78, 5) is 0. The van der Waals surface area contributed by atoms with Crippen molar-refractivity contribution < 1.29 is 9.47 Å². The van der Waals surface area contributed by atoms with E-state index >= 15 is 0 Å². The molecule has 0 atom stereocenters. The Morgan fingerprint density at radius 1 is 1.08 bits per heavy atom. The summed E-state index contributed by atoms with van der Waals surface area (Å²) in [6, 6.07) is 1.20. The van der Waals surface area contributed by atoms with Crippen LogP contribution in [-0.4, -0.2) is 28.6 Å². The molecule has 2 radical (unpaired) electrons. The van der Waals surface area contributed by atoms with Crippen LogP contribution in [0.25, 0.3) is 0 Å². The number of rotatable bonds is 7. The molecule has 0 N–H and O–H groups in total. The van der Waals surface area contributed by atoms with Crippen molar-refractivity contribution in [3.63, 3.8) is 0 Å². The van der Waals surface area contributed by atoms with Gasteiger partial charge >= 0.3 is 0 Å². The van der Waals surface area contributed by atoms with Crippen molar-refractivity contribution in [2.24, 2.45) is 5.92 Å². The Kier molecular flexibility index (Phi) is 7.86. The van der Waals surface area contributed by atoms with Gasteiger partial charge in [0.1, 0.15) is 15.4 Å². The number of hydrogen-bond donors (Lipinski definition) is 0. The lowest BCUT2D eigenvalue weighted by Gasteiger charge is -2.16. The number of ether oxygens (including phenoxy) is 2. The van der Waals surface area contributed by atoms with Crippen molar-refractivity contribution in [1.29, 1.82) is 0 Å². The lowest BCUT2D eigenvalue weighted by atomic mass is 10.3. The largest absolute Gasteiger partial charge is 0.357 e. The highest BCUT2D eigenvalue weighted by atomic mass is 28.2. The third kappa shape index (κ3) is 6.82. The quantitative estimate of drug-likeness (QED) is 0.450. The fourth-order valence-corrected chi connectivity index (χ4v) is 2.03. The monoisotopic (exact) mass is 188 g/mol. The van der Waals surface area contributed by atoms with Crippen molar-refractivity contribution in [3.8, 4) is 0 Å². The fourth-order valence-electron chi connectivity index (χ4n) is 0.801. The highest BCUT2D eigenvalue weighted by molar-refractivity contribution is 6.36. The van der Waals surface area contributed by atoms with Crippen molar-refractivity contribution >= 4 is 9.52 Å². The summed E-state index contributed by atoms with van der Waals surface area (Å²) in [6.07, 6.45) is 0. The van der Waals surface area contributed by atoms with Gasteiger partial charge in [0.25, 0.3) is 0 Å².